The number of amides is 3. The SMILES string of the molecule is CCN(CC)C(=O)c1ccc(NC(=O)CNc2ccc(C(=O)N3CCCCCC3)cc2)cc1. The topological polar surface area (TPSA) is 81.8 Å². The van der Waals surface area contributed by atoms with Crippen LogP contribution in [-0.2, 0) is 4.79 Å². The lowest BCUT2D eigenvalue weighted by molar-refractivity contribution is -0.114. The molecule has 0 radical (unpaired) electrons. The smallest absolute Gasteiger partial charge is 0.253 e. The number of benzene rings is 2. The predicted octanol–water partition coefficient (Wildman–Crippen LogP) is 4.24. The first kappa shape index (κ1) is 24.3. The molecule has 7 nitrogen and oxygen atoms in total. The van der Waals surface area contributed by atoms with Gasteiger partial charge in [-0.1, -0.05) is 12.8 Å². The van der Waals surface area contributed by atoms with E-state index in [1.165, 1.54) is 12.8 Å². The maximum absolute atomic E-state index is 12.7. The van der Waals surface area contributed by atoms with Gasteiger partial charge in [0.25, 0.3) is 11.8 Å². The highest BCUT2D eigenvalue weighted by Crippen LogP contribution is 2.16. The van der Waals surface area contributed by atoms with Crippen molar-refractivity contribution in [3.05, 3.63) is 59.7 Å². The van der Waals surface area contributed by atoms with Crippen molar-refractivity contribution < 1.29 is 14.4 Å². The molecule has 3 rings (SSSR count). The Morgan fingerprint density at radius 2 is 1.33 bits per heavy atom. The molecule has 2 N–H and O–H groups in total. The minimum atomic E-state index is -0.192. The van der Waals surface area contributed by atoms with Crippen LogP contribution >= 0.6 is 0 Å². The van der Waals surface area contributed by atoms with Gasteiger partial charge in [-0.3, -0.25) is 14.4 Å². The molecule has 1 fully saturated rings. The predicted molar refractivity (Wildman–Crippen MR) is 132 cm³/mol. The molecular formula is C26H34N4O3. The van der Waals surface area contributed by atoms with Gasteiger partial charge in [0.2, 0.25) is 5.91 Å². The van der Waals surface area contributed by atoms with Crippen molar-refractivity contribution in [1.29, 1.82) is 0 Å². The van der Waals surface area contributed by atoms with E-state index in [9.17, 15) is 14.4 Å². The second-order valence-corrected chi connectivity index (χ2v) is 8.24. The standard InChI is InChI=1S/C26H34N4O3/c1-3-29(4-2)25(32)20-11-15-23(16-12-20)28-24(31)19-27-22-13-9-21(10-14-22)26(33)30-17-7-5-6-8-18-30/h9-16,27H,3-8,17-19H2,1-2H3,(H,28,31). The molecule has 0 bridgehead atoms. The van der Waals surface area contributed by atoms with Gasteiger partial charge in [0.1, 0.15) is 0 Å². The summed E-state index contributed by atoms with van der Waals surface area (Å²) in [5, 5.41) is 5.91. The van der Waals surface area contributed by atoms with E-state index in [2.05, 4.69) is 10.6 Å². The zero-order valence-electron chi connectivity index (χ0n) is 19.6. The second-order valence-electron chi connectivity index (χ2n) is 8.24. The van der Waals surface area contributed by atoms with Crippen molar-refractivity contribution >= 4 is 29.1 Å². The van der Waals surface area contributed by atoms with Crippen LogP contribution in [0.25, 0.3) is 0 Å². The molecule has 0 unspecified atom stereocenters. The van der Waals surface area contributed by atoms with Crippen LogP contribution in [-0.4, -0.2) is 60.2 Å². The molecule has 0 aliphatic carbocycles. The van der Waals surface area contributed by atoms with Crippen molar-refractivity contribution in [2.24, 2.45) is 0 Å². The third-order valence-corrected chi connectivity index (χ3v) is 5.94. The lowest BCUT2D eigenvalue weighted by atomic mass is 10.1. The average molecular weight is 451 g/mol. The van der Waals surface area contributed by atoms with Crippen molar-refractivity contribution in [2.45, 2.75) is 39.5 Å². The highest BCUT2D eigenvalue weighted by atomic mass is 16.2. The molecule has 1 aliphatic heterocycles. The van der Waals surface area contributed by atoms with Crippen LogP contribution in [0.1, 0.15) is 60.2 Å². The Morgan fingerprint density at radius 3 is 1.91 bits per heavy atom. The minimum absolute atomic E-state index is 0.0164. The molecule has 0 aromatic heterocycles. The average Bonchev–Trinajstić information content (AvgIpc) is 3.13. The third-order valence-electron chi connectivity index (χ3n) is 5.94. The number of likely N-dealkylation sites (tertiary alicyclic amines) is 1. The molecule has 3 amide bonds. The summed E-state index contributed by atoms with van der Waals surface area (Å²) in [4.78, 5) is 41.1. The van der Waals surface area contributed by atoms with E-state index in [1.54, 1.807) is 41.3 Å². The molecule has 1 aliphatic rings. The molecular weight excluding hydrogens is 416 g/mol. The summed E-state index contributed by atoms with van der Waals surface area (Å²) in [7, 11) is 0. The second kappa shape index (κ2) is 12.0. The molecule has 33 heavy (non-hydrogen) atoms. The lowest BCUT2D eigenvalue weighted by Gasteiger charge is -2.20. The molecule has 0 spiro atoms. The van der Waals surface area contributed by atoms with Crippen molar-refractivity contribution in [1.82, 2.24) is 9.80 Å². The van der Waals surface area contributed by atoms with Crippen LogP contribution in [0.3, 0.4) is 0 Å². The molecule has 2 aromatic carbocycles. The maximum Gasteiger partial charge on any atom is 0.253 e. The normalized spacial score (nSPS) is 13.7. The Labute approximate surface area is 196 Å². The van der Waals surface area contributed by atoms with Crippen molar-refractivity contribution in [2.75, 3.05) is 43.4 Å². The number of nitrogens with zero attached hydrogens (tertiary/aromatic N) is 2. The Balaban J connectivity index is 1.48. The summed E-state index contributed by atoms with van der Waals surface area (Å²) >= 11 is 0. The first-order valence-electron chi connectivity index (χ1n) is 11.8. The number of anilines is 2. The van der Waals surface area contributed by atoms with Gasteiger partial charge in [0, 0.05) is 48.7 Å². The Kier molecular flexibility index (Phi) is 8.87. The number of nitrogens with one attached hydrogen (secondary N) is 2. The van der Waals surface area contributed by atoms with E-state index in [-0.39, 0.29) is 24.3 Å². The van der Waals surface area contributed by atoms with Gasteiger partial charge in [-0.25, -0.2) is 0 Å². The molecule has 176 valence electrons. The first-order valence-corrected chi connectivity index (χ1v) is 11.8. The number of carbonyl (C=O) groups excluding carboxylic acids is 3. The summed E-state index contributed by atoms with van der Waals surface area (Å²) in [6.07, 6.45) is 4.51. The summed E-state index contributed by atoms with van der Waals surface area (Å²) in [6.45, 7) is 6.96. The van der Waals surface area contributed by atoms with Crippen LogP contribution in [0, 0.1) is 0 Å². The van der Waals surface area contributed by atoms with Gasteiger partial charge < -0.3 is 20.4 Å². The number of hydrogen-bond acceptors (Lipinski definition) is 4. The summed E-state index contributed by atoms with van der Waals surface area (Å²) in [6, 6.07) is 14.2. The van der Waals surface area contributed by atoms with Gasteiger partial charge in [-0.15, -0.1) is 0 Å². The van der Waals surface area contributed by atoms with Crippen LogP contribution < -0.4 is 10.6 Å². The number of rotatable bonds is 8. The minimum Gasteiger partial charge on any atom is -0.376 e. The Bertz CT molecular complexity index is 929. The van der Waals surface area contributed by atoms with Gasteiger partial charge in [0.05, 0.1) is 6.54 Å². The van der Waals surface area contributed by atoms with E-state index in [1.807, 2.05) is 30.9 Å². The highest BCUT2D eigenvalue weighted by molar-refractivity contribution is 5.97. The largest absolute Gasteiger partial charge is 0.376 e. The fourth-order valence-electron chi connectivity index (χ4n) is 3.96. The van der Waals surface area contributed by atoms with Gasteiger partial charge in [-0.2, -0.15) is 0 Å². The van der Waals surface area contributed by atoms with Gasteiger partial charge >= 0.3 is 0 Å². The summed E-state index contributed by atoms with van der Waals surface area (Å²) in [5.74, 6) is -0.135. The fraction of sp³-hybridized carbons (Fsp3) is 0.423. The summed E-state index contributed by atoms with van der Waals surface area (Å²) < 4.78 is 0. The third kappa shape index (κ3) is 6.81. The van der Waals surface area contributed by atoms with Crippen LogP contribution in [0.4, 0.5) is 11.4 Å². The van der Waals surface area contributed by atoms with Crippen molar-refractivity contribution in [3.8, 4) is 0 Å². The molecule has 0 saturated carbocycles. The molecule has 1 saturated heterocycles. The molecule has 0 atom stereocenters. The van der Waals surface area contributed by atoms with Crippen LogP contribution in [0.2, 0.25) is 0 Å². The zero-order chi connectivity index (χ0) is 23.6. The molecule has 7 heteroatoms. The molecule has 2 aromatic rings. The van der Waals surface area contributed by atoms with Gasteiger partial charge in [0.15, 0.2) is 0 Å². The van der Waals surface area contributed by atoms with E-state index >= 15 is 0 Å². The van der Waals surface area contributed by atoms with E-state index < -0.39 is 0 Å². The highest BCUT2D eigenvalue weighted by Gasteiger charge is 2.17. The van der Waals surface area contributed by atoms with E-state index in [0.717, 1.165) is 31.6 Å². The van der Waals surface area contributed by atoms with Crippen LogP contribution in [0.15, 0.2) is 48.5 Å². The number of hydrogen-bond donors (Lipinski definition) is 2. The zero-order valence-corrected chi connectivity index (χ0v) is 19.6. The van der Waals surface area contributed by atoms with Crippen LogP contribution in [0.5, 0.6) is 0 Å². The Morgan fingerprint density at radius 1 is 0.788 bits per heavy atom. The summed E-state index contributed by atoms with van der Waals surface area (Å²) in [5.41, 5.74) is 2.69. The van der Waals surface area contributed by atoms with E-state index in [4.69, 9.17) is 0 Å². The lowest BCUT2D eigenvalue weighted by Crippen LogP contribution is -2.31. The fourth-order valence-corrected chi connectivity index (χ4v) is 3.96. The monoisotopic (exact) mass is 450 g/mol. The van der Waals surface area contributed by atoms with E-state index in [0.29, 0.717) is 29.9 Å². The van der Waals surface area contributed by atoms with Gasteiger partial charge in [-0.05, 0) is 75.2 Å². The maximum atomic E-state index is 12.7. The first-order chi connectivity index (χ1) is 16.0. The Hall–Kier alpha value is -3.35. The number of carbonyl (C=O) groups is 3. The quantitative estimate of drug-likeness (QED) is 0.630. The molecule has 1 heterocycles. The van der Waals surface area contributed by atoms with Crippen molar-refractivity contribution in [3.63, 3.8) is 0 Å².